The SMILES string of the molecule is CCc1cc(-c2ccc(S(=O)(=O)NCCCN3CCN(C)CC3)s2)c(C)[nH]c1=O. The summed E-state index contributed by atoms with van der Waals surface area (Å²) in [4.78, 5) is 20.3. The zero-order chi connectivity index (χ0) is 21.0. The number of nitrogens with zero attached hydrogens (tertiary/aromatic N) is 2. The Hall–Kier alpha value is -1.52. The van der Waals surface area contributed by atoms with Gasteiger partial charge in [-0.2, -0.15) is 0 Å². The van der Waals surface area contributed by atoms with Crippen LogP contribution in [0.4, 0.5) is 0 Å². The molecule has 1 fully saturated rings. The molecule has 2 N–H and O–H groups in total. The summed E-state index contributed by atoms with van der Waals surface area (Å²) in [5.41, 5.74) is 2.24. The Labute approximate surface area is 176 Å². The van der Waals surface area contributed by atoms with Crippen LogP contribution >= 0.6 is 11.3 Å². The van der Waals surface area contributed by atoms with E-state index in [1.54, 1.807) is 6.07 Å². The summed E-state index contributed by atoms with van der Waals surface area (Å²) in [7, 11) is -1.40. The number of rotatable bonds is 8. The minimum Gasteiger partial charge on any atom is -0.326 e. The highest BCUT2D eigenvalue weighted by atomic mass is 32.2. The molecule has 0 spiro atoms. The van der Waals surface area contributed by atoms with Crippen LogP contribution in [0.5, 0.6) is 0 Å². The Kier molecular flexibility index (Phi) is 7.28. The highest BCUT2D eigenvalue weighted by molar-refractivity contribution is 7.91. The number of hydrogen-bond acceptors (Lipinski definition) is 6. The van der Waals surface area contributed by atoms with E-state index in [-0.39, 0.29) is 5.56 Å². The van der Waals surface area contributed by atoms with Crippen LogP contribution in [0.25, 0.3) is 10.4 Å². The van der Waals surface area contributed by atoms with E-state index in [9.17, 15) is 13.2 Å². The van der Waals surface area contributed by atoms with Crippen molar-refractivity contribution in [2.24, 2.45) is 0 Å². The molecular weight excluding hydrogens is 408 g/mol. The summed E-state index contributed by atoms with van der Waals surface area (Å²) in [6.07, 6.45) is 1.42. The van der Waals surface area contributed by atoms with Crippen molar-refractivity contribution in [2.45, 2.75) is 30.9 Å². The second-order valence-electron chi connectivity index (χ2n) is 7.53. The van der Waals surface area contributed by atoms with Crippen molar-refractivity contribution in [2.75, 3.05) is 46.3 Å². The maximum absolute atomic E-state index is 12.7. The summed E-state index contributed by atoms with van der Waals surface area (Å²) >= 11 is 1.23. The monoisotopic (exact) mass is 438 g/mol. The number of thiophene rings is 1. The van der Waals surface area contributed by atoms with Gasteiger partial charge in [0.2, 0.25) is 10.0 Å². The fraction of sp³-hybridized carbons (Fsp3) is 0.550. The van der Waals surface area contributed by atoms with Gasteiger partial charge in [0.1, 0.15) is 4.21 Å². The van der Waals surface area contributed by atoms with E-state index < -0.39 is 10.0 Å². The average Bonchev–Trinajstić information content (AvgIpc) is 3.18. The fourth-order valence-electron chi connectivity index (χ4n) is 3.45. The Morgan fingerprint density at radius 2 is 1.93 bits per heavy atom. The molecule has 0 bridgehead atoms. The molecule has 1 aliphatic heterocycles. The number of pyridine rings is 1. The van der Waals surface area contributed by atoms with Crippen molar-refractivity contribution in [3.63, 3.8) is 0 Å². The van der Waals surface area contributed by atoms with Crippen LogP contribution in [0.3, 0.4) is 0 Å². The van der Waals surface area contributed by atoms with Gasteiger partial charge in [0.25, 0.3) is 5.56 Å². The molecule has 160 valence electrons. The number of nitrogens with one attached hydrogen (secondary N) is 2. The summed E-state index contributed by atoms with van der Waals surface area (Å²) < 4.78 is 28.3. The van der Waals surface area contributed by atoms with E-state index in [1.165, 1.54) is 11.3 Å². The summed E-state index contributed by atoms with van der Waals surface area (Å²) in [5, 5.41) is 0. The lowest BCUT2D eigenvalue weighted by atomic mass is 10.1. The smallest absolute Gasteiger partial charge is 0.251 e. The van der Waals surface area contributed by atoms with Gasteiger partial charge in [-0.05, 0) is 51.6 Å². The third-order valence-electron chi connectivity index (χ3n) is 5.35. The third kappa shape index (κ3) is 5.55. The molecule has 29 heavy (non-hydrogen) atoms. The van der Waals surface area contributed by atoms with Gasteiger partial charge in [0.05, 0.1) is 0 Å². The normalized spacial score (nSPS) is 16.4. The minimum atomic E-state index is -3.53. The molecule has 0 atom stereocenters. The lowest BCUT2D eigenvalue weighted by molar-refractivity contribution is 0.153. The van der Waals surface area contributed by atoms with Gasteiger partial charge in [0, 0.05) is 54.4 Å². The van der Waals surface area contributed by atoms with Crippen LogP contribution in [0, 0.1) is 6.92 Å². The van der Waals surface area contributed by atoms with Crippen molar-refractivity contribution in [1.29, 1.82) is 0 Å². The number of likely N-dealkylation sites (N-methyl/N-ethyl adjacent to an activating group) is 1. The first-order valence-corrected chi connectivity index (χ1v) is 12.3. The molecule has 3 heterocycles. The van der Waals surface area contributed by atoms with Gasteiger partial charge < -0.3 is 14.8 Å². The number of sulfonamides is 1. The molecule has 3 rings (SSSR count). The Morgan fingerprint density at radius 1 is 1.21 bits per heavy atom. The molecule has 9 heteroatoms. The van der Waals surface area contributed by atoms with E-state index in [0.29, 0.717) is 22.7 Å². The van der Waals surface area contributed by atoms with E-state index in [2.05, 4.69) is 26.6 Å². The van der Waals surface area contributed by atoms with E-state index in [4.69, 9.17) is 0 Å². The number of piperazine rings is 1. The number of aryl methyl sites for hydroxylation is 2. The summed E-state index contributed by atoms with van der Waals surface area (Å²) in [6, 6.07) is 5.31. The third-order valence-corrected chi connectivity index (χ3v) is 8.42. The van der Waals surface area contributed by atoms with E-state index in [1.807, 2.05) is 26.0 Å². The quantitative estimate of drug-likeness (QED) is 0.615. The molecule has 0 radical (unpaired) electrons. The highest BCUT2D eigenvalue weighted by Crippen LogP contribution is 2.32. The van der Waals surface area contributed by atoms with Crippen molar-refractivity contribution < 1.29 is 8.42 Å². The molecule has 0 amide bonds. The summed E-state index contributed by atoms with van der Waals surface area (Å²) in [6.45, 7) is 9.30. The lowest BCUT2D eigenvalue weighted by Crippen LogP contribution is -2.45. The maximum Gasteiger partial charge on any atom is 0.251 e. The van der Waals surface area contributed by atoms with Gasteiger partial charge in [-0.1, -0.05) is 6.92 Å². The molecule has 0 saturated carbocycles. The number of hydrogen-bond donors (Lipinski definition) is 2. The number of H-pyrrole nitrogens is 1. The number of aromatic amines is 1. The van der Waals surface area contributed by atoms with Crippen LogP contribution in [-0.4, -0.2) is 69.5 Å². The molecule has 1 saturated heterocycles. The van der Waals surface area contributed by atoms with Crippen molar-refractivity contribution >= 4 is 21.4 Å². The minimum absolute atomic E-state index is 0.0832. The molecule has 0 unspecified atom stereocenters. The zero-order valence-electron chi connectivity index (χ0n) is 17.3. The molecule has 2 aromatic rings. The van der Waals surface area contributed by atoms with Gasteiger partial charge in [-0.15, -0.1) is 11.3 Å². The van der Waals surface area contributed by atoms with Gasteiger partial charge >= 0.3 is 0 Å². The van der Waals surface area contributed by atoms with Gasteiger partial charge in [-0.25, -0.2) is 13.1 Å². The maximum atomic E-state index is 12.7. The first-order chi connectivity index (χ1) is 13.8. The number of aromatic nitrogens is 1. The predicted molar refractivity (Wildman–Crippen MR) is 118 cm³/mol. The Morgan fingerprint density at radius 3 is 2.62 bits per heavy atom. The second kappa shape index (κ2) is 9.53. The molecule has 7 nitrogen and oxygen atoms in total. The van der Waals surface area contributed by atoms with Crippen LogP contribution in [-0.2, 0) is 16.4 Å². The first kappa shape index (κ1) is 22.2. The van der Waals surface area contributed by atoms with Crippen LogP contribution < -0.4 is 10.3 Å². The van der Waals surface area contributed by atoms with Crippen LogP contribution in [0.1, 0.15) is 24.6 Å². The molecule has 1 aliphatic rings. The van der Waals surface area contributed by atoms with Crippen molar-refractivity contribution in [3.05, 3.63) is 39.8 Å². The van der Waals surface area contributed by atoms with E-state index >= 15 is 0 Å². The standard InChI is InChI=1S/C20H30N4O3S2/c1-4-16-14-17(15(2)22-20(16)25)18-6-7-19(28-18)29(26,27)21-8-5-9-24-12-10-23(3)11-13-24/h6-7,14,21H,4-5,8-13H2,1-3H3,(H,22,25). The Bertz CT molecular complexity index is 989. The molecule has 0 aromatic carbocycles. The molecule has 2 aromatic heterocycles. The van der Waals surface area contributed by atoms with Crippen LogP contribution in [0.15, 0.2) is 27.2 Å². The summed E-state index contributed by atoms with van der Waals surface area (Å²) in [5.74, 6) is 0. The van der Waals surface area contributed by atoms with Crippen molar-refractivity contribution in [1.82, 2.24) is 19.5 Å². The lowest BCUT2D eigenvalue weighted by Gasteiger charge is -2.32. The van der Waals surface area contributed by atoms with E-state index in [0.717, 1.165) is 55.3 Å². The van der Waals surface area contributed by atoms with Gasteiger partial charge in [-0.3, -0.25) is 4.79 Å². The molecule has 0 aliphatic carbocycles. The van der Waals surface area contributed by atoms with Gasteiger partial charge in [0.15, 0.2) is 0 Å². The first-order valence-electron chi connectivity index (χ1n) is 10.0. The van der Waals surface area contributed by atoms with Crippen molar-refractivity contribution in [3.8, 4) is 10.4 Å². The zero-order valence-corrected chi connectivity index (χ0v) is 19.0. The van der Waals surface area contributed by atoms with Crippen LogP contribution in [0.2, 0.25) is 0 Å². The second-order valence-corrected chi connectivity index (χ2v) is 10.6. The molecular formula is C20H30N4O3S2. The highest BCUT2D eigenvalue weighted by Gasteiger charge is 2.19. The predicted octanol–water partition coefficient (Wildman–Crippen LogP) is 1.89. The topological polar surface area (TPSA) is 85.5 Å². The fourth-order valence-corrected chi connectivity index (χ4v) is 5.94. The Balaban J connectivity index is 1.61. The average molecular weight is 439 g/mol. The largest absolute Gasteiger partial charge is 0.326 e.